The van der Waals surface area contributed by atoms with Crippen LogP contribution in [0.1, 0.15) is 35.9 Å². The van der Waals surface area contributed by atoms with Crippen molar-refractivity contribution in [3.63, 3.8) is 0 Å². The first-order chi connectivity index (χ1) is 8.88. The second kappa shape index (κ2) is 5.64. The van der Waals surface area contributed by atoms with Gasteiger partial charge in [-0.05, 0) is 29.9 Å². The predicted octanol–water partition coefficient (Wildman–Crippen LogP) is 2.61. The molecule has 1 aromatic rings. The molecule has 2 aliphatic rings. The molecule has 2 N–H and O–H groups in total. The highest BCUT2D eigenvalue weighted by atomic mass is 32.2. The van der Waals surface area contributed by atoms with E-state index in [1.807, 2.05) is 0 Å². The third kappa shape index (κ3) is 2.73. The summed E-state index contributed by atoms with van der Waals surface area (Å²) in [4.78, 5) is 2.54. The first kappa shape index (κ1) is 12.5. The maximum absolute atomic E-state index is 6.00. The lowest BCUT2D eigenvalue weighted by Crippen LogP contribution is -2.39. The fourth-order valence-electron chi connectivity index (χ4n) is 2.79. The van der Waals surface area contributed by atoms with Crippen molar-refractivity contribution in [1.82, 2.24) is 4.90 Å². The van der Waals surface area contributed by atoms with Gasteiger partial charge in [0.05, 0.1) is 0 Å². The molecule has 1 aliphatic carbocycles. The fourth-order valence-corrected chi connectivity index (χ4v) is 3.72. The zero-order valence-electron chi connectivity index (χ0n) is 10.8. The van der Waals surface area contributed by atoms with Crippen LogP contribution in [0.2, 0.25) is 0 Å². The SMILES string of the molecule is NCC(c1ccc(C2CC2)cc1)N1CCSCC1. The van der Waals surface area contributed by atoms with E-state index in [1.54, 1.807) is 0 Å². The van der Waals surface area contributed by atoms with Crippen LogP contribution in [0.15, 0.2) is 24.3 Å². The largest absolute Gasteiger partial charge is 0.329 e. The minimum Gasteiger partial charge on any atom is -0.329 e. The van der Waals surface area contributed by atoms with Crippen molar-refractivity contribution < 1.29 is 0 Å². The molecule has 18 heavy (non-hydrogen) atoms. The van der Waals surface area contributed by atoms with E-state index in [-0.39, 0.29) is 0 Å². The lowest BCUT2D eigenvalue weighted by molar-refractivity contribution is 0.223. The zero-order chi connectivity index (χ0) is 12.4. The highest BCUT2D eigenvalue weighted by Gasteiger charge is 2.24. The predicted molar refractivity (Wildman–Crippen MR) is 79.1 cm³/mol. The maximum Gasteiger partial charge on any atom is 0.0471 e. The van der Waals surface area contributed by atoms with Crippen LogP contribution in [-0.2, 0) is 0 Å². The number of thioether (sulfide) groups is 1. The molecule has 1 heterocycles. The Hall–Kier alpha value is -0.510. The first-order valence-electron chi connectivity index (χ1n) is 7.00. The molecule has 98 valence electrons. The topological polar surface area (TPSA) is 29.3 Å². The molecule has 0 aromatic heterocycles. The number of nitrogens with two attached hydrogens (primary N) is 1. The average molecular weight is 262 g/mol. The zero-order valence-corrected chi connectivity index (χ0v) is 11.7. The van der Waals surface area contributed by atoms with Gasteiger partial charge in [-0.15, -0.1) is 0 Å². The summed E-state index contributed by atoms with van der Waals surface area (Å²) in [6, 6.07) is 9.64. The Morgan fingerprint density at radius 3 is 2.39 bits per heavy atom. The van der Waals surface area contributed by atoms with Crippen molar-refractivity contribution in [2.75, 3.05) is 31.1 Å². The van der Waals surface area contributed by atoms with Gasteiger partial charge in [-0.2, -0.15) is 11.8 Å². The summed E-state index contributed by atoms with van der Waals surface area (Å²) in [5, 5.41) is 0. The molecule has 1 aromatic carbocycles. The van der Waals surface area contributed by atoms with Crippen LogP contribution >= 0.6 is 11.8 Å². The molecule has 1 saturated heterocycles. The van der Waals surface area contributed by atoms with Gasteiger partial charge in [-0.1, -0.05) is 24.3 Å². The van der Waals surface area contributed by atoms with Crippen LogP contribution in [-0.4, -0.2) is 36.0 Å². The van der Waals surface area contributed by atoms with Crippen LogP contribution in [0, 0.1) is 0 Å². The molecule has 1 atom stereocenters. The second-order valence-corrected chi connectivity index (χ2v) is 6.57. The smallest absolute Gasteiger partial charge is 0.0471 e. The van der Waals surface area contributed by atoms with Crippen molar-refractivity contribution in [1.29, 1.82) is 0 Å². The molecule has 1 unspecified atom stereocenters. The van der Waals surface area contributed by atoms with Gasteiger partial charge in [0.25, 0.3) is 0 Å². The van der Waals surface area contributed by atoms with E-state index in [0.29, 0.717) is 6.04 Å². The summed E-state index contributed by atoms with van der Waals surface area (Å²) in [5.74, 6) is 3.34. The first-order valence-corrected chi connectivity index (χ1v) is 8.15. The van der Waals surface area contributed by atoms with Crippen molar-refractivity contribution in [2.24, 2.45) is 5.73 Å². The quantitative estimate of drug-likeness (QED) is 0.904. The molecule has 2 nitrogen and oxygen atoms in total. The summed E-state index contributed by atoms with van der Waals surface area (Å²) in [6.07, 6.45) is 2.76. The molecule has 3 heteroatoms. The third-order valence-electron chi connectivity index (χ3n) is 4.08. The lowest BCUT2D eigenvalue weighted by atomic mass is 10.0. The molecule has 2 fully saturated rings. The highest BCUT2D eigenvalue weighted by Crippen LogP contribution is 2.40. The third-order valence-corrected chi connectivity index (χ3v) is 5.02. The standard InChI is InChI=1S/C15H22N2S/c16-11-15(17-7-9-18-10-8-17)14-5-3-13(4-6-14)12-1-2-12/h3-6,12,15H,1-2,7-11,16H2. The molecule has 1 saturated carbocycles. The van der Waals surface area contributed by atoms with Crippen LogP contribution in [0.5, 0.6) is 0 Å². The van der Waals surface area contributed by atoms with Gasteiger partial charge < -0.3 is 5.73 Å². The van der Waals surface area contributed by atoms with Gasteiger partial charge in [0, 0.05) is 37.2 Å². The summed E-state index contributed by atoms with van der Waals surface area (Å²) in [6.45, 7) is 3.08. The minimum absolute atomic E-state index is 0.416. The van der Waals surface area contributed by atoms with Gasteiger partial charge in [0.15, 0.2) is 0 Å². The minimum atomic E-state index is 0.416. The Kier molecular flexibility index (Phi) is 3.92. The second-order valence-electron chi connectivity index (χ2n) is 5.34. The molecule has 0 bridgehead atoms. The molecule has 0 spiro atoms. The van der Waals surface area contributed by atoms with Gasteiger partial charge in [0.2, 0.25) is 0 Å². The number of hydrogen-bond acceptors (Lipinski definition) is 3. The number of rotatable bonds is 4. The van der Waals surface area contributed by atoms with Crippen LogP contribution in [0.25, 0.3) is 0 Å². The Balaban J connectivity index is 1.73. The fraction of sp³-hybridized carbons (Fsp3) is 0.600. The van der Waals surface area contributed by atoms with Crippen molar-refractivity contribution in [2.45, 2.75) is 24.8 Å². The normalized spacial score (nSPS) is 22.9. The molecule has 0 radical (unpaired) electrons. The highest BCUT2D eigenvalue weighted by molar-refractivity contribution is 7.99. The Bertz CT molecular complexity index is 380. The number of nitrogens with zero attached hydrogens (tertiary/aromatic N) is 1. The van der Waals surface area contributed by atoms with E-state index in [4.69, 9.17) is 5.73 Å². The van der Waals surface area contributed by atoms with Crippen molar-refractivity contribution >= 4 is 11.8 Å². The molecular weight excluding hydrogens is 240 g/mol. The summed E-state index contributed by atoms with van der Waals surface area (Å²) in [7, 11) is 0. The lowest BCUT2D eigenvalue weighted by Gasteiger charge is -2.34. The van der Waals surface area contributed by atoms with Gasteiger partial charge in [0.1, 0.15) is 0 Å². The van der Waals surface area contributed by atoms with Gasteiger partial charge in [-0.3, -0.25) is 4.90 Å². The van der Waals surface area contributed by atoms with E-state index < -0.39 is 0 Å². The molecular formula is C15H22N2S. The van der Waals surface area contributed by atoms with Crippen LogP contribution < -0.4 is 5.73 Å². The number of hydrogen-bond donors (Lipinski definition) is 1. The molecule has 0 amide bonds. The maximum atomic E-state index is 6.00. The molecule has 1 aliphatic heterocycles. The van der Waals surface area contributed by atoms with Crippen molar-refractivity contribution in [3.05, 3.63) is 35.4 Å². The van der Waals surface area contributed by atoms with Crippen molar-refractivity contribution in [3.8, 4) is 0 Å². The van der Waals surface area contributed by atoms with E-state index in [0.717, 1.165) is 12.5 Å². The van der Waals surface area contributed by atoms with Gasteiger partial charge >= 0.3 is 0 Å². The Morgan fingerprint density at radius 2 is 1.83 bits per heavy atom. The Labute approximate surface area is 114 Å². The summed E-state index contributed by atoms with van der Waals surface area (Å²) in [5.41, 5.74) is 8.91. The summed E-state index contributed by atoms with van der Waals surface area (Å²) >= 11 is 2.05. The van der Waals surface area contributed by atoms with Crippen LogP contribution in [0.3, 0.4) is 0 Å². The average Bonchev–Trinajstić information content (AvgIpc) is 3.26. The number of benzene rings is 1. The van der Waals surface area contributed by atoms with E-state index in [9.17, 15) is 0 Å². The van der Waals surface area contributed by atoms with E-state index >= 15 is 0 Å². The van der Waals surface area contributed by atoms with Gasteiger partial charge in [-0.25, -0.2) is 0 Å². The van der Waals surface area contributed by atoms with Crippen LogP contribution in [0.4, 0.5) is 0 Å². The molecule has 3 rings (SSSR count). The Morgan fingerprint density at radius 1 is 1.17 bits per heavy atom. The van der Waals surface area contributed by atoms with E-state index in [2.05, 4.69) is 40.9 Å². The summed E-state index contributed by atoms with van der Waals surface area (Å²) < 4.78 is 0. The van der Waals surface area contributed by atoms with E-state index in [1.165, 1.54) is 48.6 Å². The monoisotopic (exact) mass is 262 g/mol.